The van der Waals surface area contributed by atoms with Crippen molar-refractivity contribution in [2.24, 2.45) is 5.41 Å². The number of rotatable bonds is 5. The van der Waals surface area contributed by atoms with Crippen LogP contribution >= 0.6 is 23.2 Å². The largest absolute Gasteiger partial charge is 0.495 e. The SMILES string of the molecule is COc1cc(C(=O)O)ccc1N1CN2[C@@H](CC(C)(C)C)[C@@]3(CNc4cc(Cl)cnc43)[C@@H](c3cccc(Cl)c3)[C@@H]2C1=O. The van der Waals surface area contributed by atoms with Gasteiger partial charge in [-0.2, -0.15) is 0 Å². The summed E-state index contributed by atoms with van der Waals surface area (Å²) in [4.78, 5) is 35.1. The molecule has 3 aliphatic rings. The fourth-order valence-electron chi connectivity index (χ4n) is 7.12. The Kier molecular flexibility index (Phi) is 6.71. The van der Waals surface area contributed by atoms with Gasteiger partial charge in [0, 0.05) is 29.7 Å². The van der Waals surface area contributed by atoms with Gasteiger partial charge >= 0.3 is 5.97 Å². The molecule has 0 unspecified atom stereocenters. The van der Waals surface area contributed by atoms with Gasteiger partial charge in [-0.1, -0.05) is 56.1 Å². The molecule has 8 nitrogen and oxygen atoms in total. The zero-order valence-corrected chi connectivity index (χ0v) is 24.8. The minimum Gasteiger partial charge on any atom is -0.495 e. The van der Waals surface area contributed by atoms with Crippen LogP contribution in [-0.2, 0) is 10.2 Å². The molecule has 4 heterocycles. The molecule has 1 aromatic heterocycles. The number of pyridine rings is 1. The third-order valence-corrected chi connectivity index (χ3v) is 9.09. The highest BCUT2D eigenvalue weighted by atomic mass is 35.5. The van der Waals surface area contributed by atoms with E-state index in [2.05, 4.69) is 31.0 Å². The summed E-state index contributed by atoms with van der Waals surface area (Å²) in [6.45, 7) is 7.57. The molecular formula is C31H32Cl2N4O4. The summed E-state index contributed by atoms with van der Waals surface area (Å²) >= 11 is 12.9. The van der Waals surface area contributed by atoms with Crippen LogP contribution in [0.25, 0.3) is 0 Å². The molecule has 4 atom stereocenters. The monoisotopic (exact) mass is 594 g/mol. The van der Waals surface area contributed by atoms with E-state index in [9.17, 15) is 14.7 Å². The average Bonchev–Trinajstić information content (AvgIpc) is 3.53. The number of carboxylic acids is 1. The van der Waals surface area contributed by atoms with Crippen LogP contribution in [0.2, 0.25) is 10.0 Å². The highest BCUT2D eigenvalue weighted by Gasteiger charge is 2.68. The van der Waals surface area contributed by atoms with E-state index in [1.165, 1.54) is 19.2 Å². The number of carbonyl (C=O) groups is 2. The van der Waals surface area contributed by atoms with Gasteiger partial charge in [0.25, 0.3) is 0 Å². The summed E-state index contributed by atoms with van der Waals surface area (Å²) in [6.07, 6.45) is 2.49. The third kappa shape index (κ3) is 4.44. The number of ether oxygens (including phenoxy) is 1. The summed E-state index contributed by atoms with van der Waals surface area (Å²) in [5, 5.41) is 14.2. The number of aromatic carboxylic acids is 1. The van der Waals surface area contributed by atoms with E-state index in [0.29, 0.717) is 34.7 Å². The van der Waals surface area contributed by atoms with Crippen molar-refractivity contribution in [2.45, 2.75) is 50.6 Å². The molecule has 2 fully saturated rings. The Labute approximate surface area is 249 Å². The number of amides is 1. The van der Waals surface area contributed by atoms with Crippen molar-refractivity contribution in [1.82, 2.24) is 9.88 Å². The van der Waals surface area contributed by atoms with Crippen LogP contribution in [0.3, 0.4) is 0 Å². The lowest BCUT2D eigenvalue weighted by atomic mass is 9.64. The van der Waals surface area contributed by atoms with Crippen LogP contribution in [0.1, 0.15) is 54.7 Å². The van der Waals surface area contributed by atoms with E-state index < -0.39 is 17.4 Å². The number of carbonyl (C=O) groups excluding carboxylic acids is 1. The smallest absolute Gasteiger partial charge is 0.335 e. The predicted octanol–water partition coefficient (Wildman–Crippen LogP) is 6.04. The highest BCUT2D eigenvalue weighted by Crippen LogP contribution is 2.60. The van der Waals surface area contributed by atoms with Crippen molar-refractivity contribution < 1.29 is 19.4 Å². The fourth-order valence-corrected chi connectivity index (χ4v) is 7.48. The highest BCUT2D eigenvalue weighted by molar-refractivity contribution is 6.31. The lowest BCUT2D eigenvalue weighted by molar-refractivity contribution is -0.119. The number of hydrogen-bond acceptors (Lipinski definition) is 6. The molecule has 0 radical (unpaired) electrons. The molecular weight excluding hydrogens is 563 g/mol. The lowest BCUT2D eigenvalue weighted by Crippen LogP contribution is -2.49. The Morgan fingerprint density at radius 1 is 1.17 bits per heavy atom. The topological polar surface area (TPSA) is 95.0 Å². The minimum atomic E-state index is -1.06. The first kappa shape index (κ1) is 27.8. The van der Waals surface area contributed by atoms with Gasteiger partial charge < -0.3 is 15.2 Å². The molecule has 1 spiro atoms. The Hall–Kier alpha value is -3.33. The summed E-state index contributed by atoms with van der Waals surface area (Å²) in [5.74, 6) is -1.06. The molecule has 214 valence electrons. The minimum absolute atomic E-state index is 0.0576. The van der Waals surface area contributed by atoms with E-state index in [1.54, 1.807) is 17.2 Å². The number of carboxylic acid groups (broad SMARTS) is 1. The second-order valence-electron chi connectivity index (χ2n) is 12.3. The first-order valence-electron chi connectivity index (χ1n) is 13.6. The summed E-state index contributed by atoms with van der Waals surface area (Å²) in [5.41, 5.74) is 2.83. The molecule has 0 aliphatic carbocycles. The number of aromatic nitrogens is 1. The number of benzene rings is 2. The maximum atomic E-state index is 14.6. The standard InChI is InChI=1S/C31H32Cl2N4O4/c1-30(2,3)13-24-31(15-35-21-12-20(33)14-34-27(21)31)25(17-6-5-7-19(32)10-17)26-28(38)36(16-37(24)26)22-9-8-18(29(39)40)11-23(22)41-4/h5-12,14,24-26,35H,13,15-16H2,1-4H3,(H,39,40)/t24-,25-,26+,31-/m0/s1. The zero-order valence-electron chi connectivity index (χ0n) is 23.3. The van der Waals surface area contributed by atoms with Crippen molar-refractivity contribution >= 4 is 46.5 Å². The molecule has 10 heteroatoms. The number of halogens is 2. The average molecular weight is 596 g/mol. The molecule has 3 aliphatic heterocycles. The second-order valence-corrected chi connectivity index (χ2v) is 13.2. The summed E-state index contributed by atoms with van der Waals surface area (Å²) < 4.78 is 5.58. The van der Waals surface area contributed by atoms with E-state index >= 15 is 0 Å². The van der Waals surface area contributed by atoms with Crippen molar-refractivity contribution in [3.63, 3.8) is 0 Å². The number of methoxy groups -OCH3 is 1. The Bertz CT molecular complexity index is 1560. The van der Waals surface area contributed by atoms with Crippen LogP contribution in [0.15, 0.2) is 54.7 Å². The Morgan fingerprint density at radius 2 is 1.95 bits per heavy atom. The number of nitrogens with one attached hydrogen (secondary N) is 1. The fraction of sp³-hybridized carbons (Fsp3) is 0.387. The molecule has 2 aromatic carbocycles. The Balaban J connectivity index is 1.54. The molecule has 0 saturated carbocycles. The van der Waals surface area contributed by atoms with Crippen LogP contribution in [0.4, 0.5) is 11.4 Å². The first-order chi connectivity index (χ1) is 19.4. The maximum absolute atomic E-state index is 14.6. The number of fused-ring (bicyclic) bond motifs is 3. The zero-order chi connectivity index (χ0) is 29.3. The normalized spacial score (nSPS) is 25.4. The van der Waals surface area contributed by atoms with Crippen LogP contribution < -0.4 is 15.0 Å². The van der Waals surface area contributed by atoms with Crippen molar-refractivity contribution in [2.75, 3.05) is 30.5 Å². The van der Waals surface area contributed by atoms with Gasteiger partial charge in [-0.15, -0.1) is 0 Å². The molecule has 2 N–H and O–H groups in total. The number of nitrogens with zero attached hydrogens (tertiary/aromatic N) is 3. The van der Waals surface area contributed by atoms with Gasteiger partial charge in [-0.25, -0.2) is 4.79 Å². The molecule has 41 heavy (non-hydrogen) atoms. The predicted molar refractivity (Wildman–Crippen MR) is 159 cm³/mol. The van der Waals surface area contributed by atoms with Gasteiger partial charge in [0.05, 0.1) is 52.9 Å². The van der Waals surface area contributed by atoms with E-state index in [0.717, 1.165) is 23.4 Å². The van der Waals surface area contributed by atoms with Gasteiger partial charge in [-0.05, 0) is 53.8 Å². The molecule has 1 amide bonds. The first-order valence-corrected chi connectivity index (χ1v) is 14.3. The summed E-state index contributed by atoms with van der Waals surface area (Å²) in [7, 11) is 1.48. The van der Waals surface area contributed by atoms with E-state index in [-0.39, 0.29) is 28.8 Å². The lowest BCUT2D eigenvalue weighted by Gasteiger charge is -2.41. The van der Waals surface area contributed by atoms with Crippen LogP contribution in [-0.4, -0.2) is 59.3 Å². The third-order valence-electron chi connectivity index (χ3n) is 8.64. The van der Waals surface area contributed by atoms with Gasteiger partial charge in [0.15, 0.2) is 0 Å². The van der Waals surface area contributed by atoms with Gasteiger partial charge in [0.2, 0.25) is 5.91 Å². The van der Waals surface area contributed by atoms with Gasteiger partial charge in [-0.3, -0.25) is 19.6 Å². The molecule has 2 saturated heterocycles. The van der Waals surface area contributed by atoms with Crippen molar-refractivity contribution in [3.8, 4) is 5.75 Å². The molecule has 3 aromatic rings. The molecule has 6 rings (SSSR count). The van der Waals surface area contributed by atoms with Crippen molar-refractivity contribution in [3.05, 3.63) is 81.6 Å². The summed E-state index contributed by atoms with van der Waals surface area (Å²) in [6, 6.07) is 13.7. The van der Waals surface area contributed by atoms with E-state index in [1.807, 2.05) is 30.3 Å². The van der Waals surface area contributed by atoms with Crippen LogP contribution in [0, 0.1) is 5.41 Å². The van der Waals surface area contributed by atoms with Crippen LogP contribution in [0.5, 0.6) is 5.75 Å². The quantitative estimate of drug-likeness (QED) is 0.372. The Morgan fingerprint density at radius 3 is 2.63 bits per heavy atom. The van der Waals surface area contributed by atoms with E-state index in [4.69, 9.17) is 32.9 Å². The second kappa shape index (κ2) is 9.89. The van der Waals surface area contributed by atoms with Gasteiger partial charge in [0.1, 0.15) is 5.75 Å². The number of anilines is 2. The number of hydrogen-bond donors (Lipinski definition) is 2. The van der Waals surface area contributed by atoms with Crippen molar-refractivity contribution in [1.29, 1.82) is 0 Å². The maximum Gasteiger partial charge on any atom is 0.335 e. The molecule has 0 bridgehead atoms.